The molecule has 1 atom stereocenters. The third-order valence-corrected chi connectivity index (χ3v) is 6.27. The van der Waals surface area contributed by atoms with E-state index in [9.17, 15) is 4.79 Å². The van der Waals surface area contributed by atoms with Crippen molar-refractivity contribution in [3.63, 3.8) is 0 Å². The van der Waals surface area contributed by atoms with Gasteiger partial charge in [-0.3, -0.25) is 9.78 Å². The summed E-state index contributed by atoms with van der Waals surface area (Å²) in [7, 11) is 0. The molecule has 5 rings (SSSR count). The van der Waals surface area contributed by atoms with Crippen molar-refractivity contribution in [1.29, 1.82) is 0 Å². The molecule has 1 aliphatic heterocycles. The fraction of sp³-hybridized carbons (Fsp3) is 0.182. The Morgan fingerprint density at radius 3 is 2.93 bits per heavy atom. The van der Waals surface area contributed by atoms with Crippen molar-refractivity contribution in [1.82, 2.24) is 20.3 Å². The van der Waals surface area contributed by atoms with Crippen molar-refractivity contribution in [3.05, 3.63) is 53.3 Å². The number of hydrogen-bond acceptors (Lipinski definition) is 6. The predicted molar refractivity (Wildman–Crippen MR) is 118 cm³/mol. The number of benzene rings is 1. The van der Waals surface area contributed by atoms with Gasteiger partial charge < -0.3 is 10.6 Å². The number of rotatable bonds is 2. The molecule has 29 heavy (non-hydrogen) atoms. The first-order valence-electron chi connectivity index (χ1n) is 9.42. The summed E-state index contributed by atoms with van der Waals surface area (Å²) in [6.07, 6.45) is 3.38. The first-order chi connectivity index (χ1) is 14.0. The number of amides is 1. The maximum atomic E-state index is 12.6. The lowest BCUT2D eigenvalue weighted by atomic mass is 10.1. The van der Waals surface area contributed by atoms with E-state index in [1.807, 2.05) is 32.0 Å². The van der Waals surface area contributed by atoms with Crippen LogP contribution in [0.5, 0.6) is 0 Å². The van der Waals surface area contributed by atoms with Crippen molar-refractivity contribution in [2.75, 3.05) is 11.9 Å². The third kappa shape index (κ3) is 2.86. The zero-order chi connectivity index (χ0) is 20.1. The van der Waals surface area contributed by atoms with Crippen LogP contribution in [0.15, 0.2) is 37.0 Å². The van der Waals surface area contributed by atoms with Crippen molar-refractivity contribution >= 4 is 50.0 Å². The topological polar surface area (TPSA) is 79.8 Å². The van der Waals surface area contributed by atoms with Gasteiger partial charge in [0, 0.05) is 28.1 Å². The van der Waals surface area contributed by atoms with Crippen LogP contribution in [0, 0.1) is 6.92 Å². The molecule has 4 aromatic rings. The lowest BCUT2D eigenvalue weighted by Crippen LogP contribution is -2.34. The molecule has 0 unspecified atom stereocenters. The minimum atomic E-state index is -0.0245. The zero-order valence-corrected chi connectivity index (χ0v) is 16.9. The normalized spacial score (nSPS) is 16.2. The number of hydrogen-bond donors (Lipinski definition) is 2. The fourth-order valence-corrected chi connectivity index (χ4v) is 4.76. The summed E-state index contributed by atoms with van der Waals surface area (Å²) in [5, 5.41) is 8.55. The second-order valence-corrected chi connectivity index (χ2v) is 8.25. The van der Waals surface area contributed by atoms with E-state index < -0.39 is 0 Å². The van der Waals surface area contributed by atoms with Crippen LogP contribution in [-0.2, 0) is 0 Å². The van der Waals surface area contributed by atoms with E-state index in [1.165, 1.54) is 11.3 Å². The summed E-state index contributed by atoms with van der Waals surface area (Å²) < 4.78 is 1.07. The van der Waals surface area contributed by atoms with Crippen LogP contribution in [-0.4, -0.2) is 33.4 Å². The molecule has 6 nitrogen and oxygen atoms in total. The highest BCUT2D eigenvalue weighted by Gasteiger charge is 2.24. The number of aromatic nitrogens is 3. The van der Waals surface area contributed by atoms with E-state index in [-0.39, 0.29) is 11.9 Å². The number of pyridine rings is 1. The Kier molecular flexibility index (Phi) is 4.06. The van der Waals surface area contributed by atoms with Gasteiger partial charge in [-0.05, 0) is 44.2 Å². The number of fused-ring (bicyclic) bond motifs is 5. The predicted octanol–water partition coefficient (Wildman–Crippen LogP) is 4.40. The minimum Gasteiger partial charge on any atom is -0.381 e. The lowest BCUT2D eigenvalue weighted by Gasteiger charge is -2.10. The van der Waals surface area contributed by atoms with Gasteiger partial charge >= 0.3 is 0 Å². The number of aryl methyl sites for hydroxylation is 1. The van der Waals surface area contributed by atoms with E-state index in [4.69, 9.17) is 4.98 Å². The molecule has 0 spiro atoms. The highest BCUT2D eigenvalue weighted by molar-refractivity contribution is 7.21. The van der Waals surface area contributed by atoms with Crippen molar-refractivity contribution in [3.8, 4) is 11.4 Å². The summed E-state index contributed by atoms with van der Waals surface area (Å²) in [6, 6.07) is 8.13. The van der Waals surface area contributed by atoms with Gasteiger partial charge in [0.25, 0.3) is 5.91 Å². The summed E-state index contributed by atoms with van der Waals surface area (Å²) in [5.41, 5.74) is 4.82. The smallest absolute Gasteiger partial charge is 0.263 e. The molecule has 3 aromatic heterocycles. The van der Waals surface area contributed by atoms with Gasteiger partial charge in [-0.2, -0.15) is 0 Å². The van der Waals surface area contributed by atoms with Crippen LogP contribution in [0.1, 0.15) is 28.0 Å². The molecule has 144 valence electrons. The van der Waals surface area contributed by atoms with Gasteiger partial charge in [0.05, 0.1) is 34.5 Å². The molecule has 0 saturated carbocycles. The van der Waals surface area contributed by atoms with Crippen LogP contribution in [0.25, 0.3) is 38.5 Å². The Morgan fingerprint density at radius 2 is 2.10 bits per heavy atom. The highest BCUT2D eigenvalue weighted by atomic mass is 32.1. The van der Waals surface area contributed by atoms with Crippen LogP contribution in [0.4, 0.5) is 5.69 Å². The Labute approximate surface area is 171 Å². The van der Waals surface area contributed by atoms with E-state index in [2.05, 4.69) is 33.2 Å². The quantitative estimate of drug-likeness (QED) is 0.520. The van der Waals surface area contributed by atoms with Crippen LogP contribution < -0.4 is 10.6 Å². The summed E-state index contributed by atoms with van der Waals surface area (Å²) in [5.74, 6) is -0.0245. The maximum absolute atomic E-state index is 12.6. The maximum Gasteiger partial charge on any atom is 0.263 e. The molecule has 2 N–H and O–H groups in total. The minimum absolute atomic E-state index is 0.0245. The second kappa shape index (κ2) is 6.63. The number of anilines is 1. The fourth-order valence-electron chi connectivity index (χ4n) is 3.66. The second-order valence-electron chi connectivity index (χ2n) is 7.20. The molecule has 0 saturated heterocycles. The largest absolute Gasteiger partial charge is 0.381 e. The Balaban J connectivity index is 1.72. The monoisotopic (exact) mass is 401 g/mol. The first kappa shape index (κ1) is 17.8. The van der Waals surface area contributed by atoms with Crippen LogP contribution >= 0.6 is 11.3 Å². The van der Waals surface area contributed by atoms with E-state index >= 15 is 0 Å². The number of thiophene rings is 1. The molecule has 1 aromatic carbocycles. The number of carbonyl (C=O) groups is 1. The van der Waals surface area contributed by atoms with Crippen LogP contribution in [0.3, 0.4) is 0 Å². The Hall–Kier alpha value is -3.32. The Morgan fingerprint density at radius 1 is 1.24 bits per heavy atom. The lowest BCUT2D eigenvalue weighted by molar-refractivity contribution is 0.0949. The molecular weight excluding hydrogens is 382 g/mol. The molecule has 7 heteroatoms. The zero-order valence-electron chi connectivity index (χ0n) is 16.1. The van der Waals surface area contributed by atoms with E-state index in [0.717, 1.165) is 54.3 Å². The van der Waals surface area contributed by atoms with Crippen molar-refractivity contribution in [2.24, 2.45) is 0 Å². The van der Waals surface area contributed by atoms with Gasteiger partial charge in [0.1, 0.15) is 10.6 Å². The van der Waals surface area contributed by atoms with Gasteiger partial charge in [0.2, 0.25) is 0 Å². The average Bonchev–Trinajstić information content (AvgIpc) is 3.05. The van der Waals surface area contributed by atoms with Crippen molar-refractivity contribution in [2.45, 2.75) is 19.9 Å². The number of carbonyl (C=O) groups excluding carboxylic acids is 1. The average molecular weight is 401 g/mol. The molecule has 0 aliphatic carbocycles. The van der Waals surface area contributed by atoms with Gasteiger partial charge in [-0.25, -0.2) is 9.97 Å². The molecule has 0 fully saturated rings. The SMILES string of the molecule is C=Cc1cnc(C)c(-c2ccc3c(ccc4sc5c(c43)NC[C@@H](C)NC5=O)n2)n1. The highest BCUT2D eigenvalue weighted by Crippen LogP contribution is 2.41. The Bertz CT molecular complexity index is 1310. The molecule has 4 heterocycles. The van der Waals surface area contributed by atoms with Gasteiger partial charge in [-0.1, -0.05) is 6.58 Å². The summed E-state index contributed by atoms with van der Waals surface area (Å²) >= 11 is 1.51. The molecule has 0 bridgehead atoms. The standard InChI is InChI=1S/C22H19N5OS/c1-4-13-10-23-12(3)19(26-13)16-6-5-14-15(27-16)7-8-17-18(14)20-21(29-17)22(28)25-11(2)9-24-20/h4-8,10-11,24H,1,9H2,2-3H3,(H,25,28)/t11-/m1/s1. The first-order valence-corrected chi connectivity index (χ1v) is 10.2. The third-order valence-electron chi connectivity index (χ3n) is 5.12. The van der Waals surface area contributed by atoms with Crippen LogP contribution in [0.2, 0.25) is 0 Å². The van der Waals surface area contributed by atoms with E-state index in [0.29, 0.717) is 6.54 Å². The molecule has 1 aliphatic rings. The molecule has 1 amide bonds. The van der Waals surface area contributed by atoms with Crippen molar-refractivity contribution < 1.29 is 4.79 Å². The van der Waals surface area contributed by atoms with E-state index in [1.54, 1.807) is 12.3 Å². The van der Waals surface area contributed by atoms with Gasteiger partial charge in [0.15, 0.2) is 0 Å². The number of nitrogens with zero attached hydrogens (tertiary/aromatic N) is 3. The number of nitrogens with one attached hydrogen (secondary N) is 2. The molecular formula is C22H19N5OS. The van der Waals surface area contributed by atoms with Gasteiger partial charge in [-0.15, -0.1) is 11.3 Å². The summed E-state index contributed by atoms with van der Waals surface area (Å²) in [4.78, 5) is 27.2. The molecule has 0 radical (unpaired) electrons. The summed E-state index contributed by atoms with van der Waals surface area (Å²) in [6.45, 7) is 8.38.